The Labute approximate surface area is 198 Å². The third-order valence-corrected chi connectivity index (χ3v) is 6.72. The van der Waals surface area contributed by atoms with Gasteiger partial charge in [-0.1, -0.05) is 48.0 Å². The van der Waals surface area contributed by atoms with Gasteiger partial charge in [-0.3, -0.25) is 4.79 Å². The molecule has 0 bridgehead atoms. The van der Waals surface area contributed by atoms with E-state index in [1.807, 2.05) is 12.1 Å². The molecule has 170 valence electrons. The molecule has 1 N–H and O–H groups in total. The zero-order valence-electron chi connectivity index (χ0n) is 17.9. The zero-order valence-corrected chi connectivity index (χ0v) is 19.4. The third-order valence-electron chi connectivity index (χ3n) is 4.64. The number of hydrogen-bond donors (Lipinski definition) is 1. The Kier molecular flexibility index (Phi) is 8.06. The van der Waals surface area contributed by atoms with Crippen LogP contribution in [0.2, 0.25) is 5.02 Å². The number of sulfonamides is 1. The molecule has 1 amide bonds. The van der Waals surface area contributed by atoms with E-state index in [0.717, 1.165) is 9.87 Å². The van der Waals surface area contributed by atoms with Gasteiger partial charge in [0.05, 0.1) is 34.7 Å². The quantitative estimate of drug-likeness (QED) is 0.485. The number of nitrogens with one attached hydrogen (secondary N) is 1. The lowest BCUT2D eigenvalue weighted by molar-refractivity contribution is -0.116. The Bertz CT molecular complexity index is 1270. The van der Waals surface area contributed by atoms with Crippen LogP contribution in [0.5, 0.6) is 5.75 Å². The second-order valence-corrected chi connectivity index (χ2v) is 9.37. The predicted octanol–water partition coefficient (Wildman–Crippen LogP) is 4.44. The van der Waals surface area contributed by atoms with Crippen molar-refractivity contribution in [2.45, 2.75) is 18.4 Å². The van der Waals surface area contributed by atoms with Crippen molar-refractivity contribution in [3.05, 3.63) is 88.9 Å². The van der Waals surface area contributed by atoms with Crippen molar-refractivity contribution in [2.24, 2.45) is 0 Å². The highest BCUT2D eigenvalue weighted by molar-refractivity contribution is 7.89. The van der Waals surface area contributed by atoms with Gasteiger partial charge in [0.15, 0.2) is 0 Å². The number of halogens is 1. The Balaban J connectivity index is 1.89. The summed E-state index contributed by atoms with van der Waals surface area (Å²) in [5.74, 6) is -0.163. The Hall–Kier alpha value is -3.38. The van der Waals surface area contributed by atoms with Crippen molar-refractivity contribution >= 4 is 33.2 Å². The minimum absolute atomic E-state index is 0.0142. The van der Waals surface area contributed by atoms with Crippen LogP contribution in [0.4, 0.5) is 5.69 Å². The topological polar surface area (TPSA) is 99.5 Å². The highest BCUT2D eigenvalue weighted by Crippen LogP contribution is 2.29. The van der Waals surface area contributed by atoms with Crippen molar-refractivity contribution < 1.29 is 17.9 Å². The maximum atomic E-state index is 13.4. The molecule has 0 spiro atoms. The van der Waals surface area contributed by atoms with Crippen molar-refractivity contribution in [3.8, 4) is 11.8 Å². The van der Waals surface area contributed by atoms with Crippen LogP contribution in [0.25, 0.3) is 0 Å². The van der Waals surface area contributed by atoms with Gasteiger partial charge in [0, 0.05) is 12.2 Å². The van der Waals surface area contributed by atoms with Gasteiger partial charge in [-0.15, -0.1) is 0 Å². The first-order valence-electron chi connectivity index (χ1n) is 10.1. The standard InChI is InChI=1S/C24H22ClN3O4S/c1-2-32-23-12-11-21(14-22(23)25)33(30,31)28(16-18-7-4-3-5-8-18)17-24(29)27-20-10-6-9-19(13-20)15-26/h3-14H,2,16-17H2,1H3,(H,27,29). The summed E-state index contributed by atoms with van der Waals surface area (Å²) in [6, 6.07) is 21.6. The number of ether oxygens (including phenoxy) is 1. The van der Waals surface area contributed by atoms with E-state index in [4.69, 9.17) is 21.6 Å². The Morgan fingerprint density at radius 2 is 1.85 bits per heavy atom. The highest BCUT2D eigenvalue weighted by Gasteiger charge is 2.28. The van der Waals surface area contributed by atoms with E-state index in [0.29, 0.717) is 23.6 Å². The number of rotatable bonds is 9. The van der Waals surface area contributed by atoms with E-state index in [-0.39, 0.29) is 16.5 Å². The zero-order chi connectivity index (χ0) is 23.8. The number of amides is 1. The van der Waals surface area contributed by atoms with Crippen LogP contribution in [0.3, 0.4) is 0 Å². The summed E-state index contributed by atoms with van der Waals surface area (Å²) in [6.45, 7) is 1.74. The number of anilines is 1. The molecule has 33 heavy (non-hydrogen) atoms. The molecule has 0 aliphatic rings. The number of carbonyl (C=O) groups is 1. The molecule has 0 atom stereocenters. The smallest absolute Gasteiger partial charge is 0.243 e. The molecule has 0 radical (unpaired) electrons. The number of benzene rings is 3. The molecule has 0 aliphatic heterocycles. The highest BCUT2D eigenvalue weighted by atomic mass is 35.5. The monoisotopic (exact) mass is 483 g/mol. The molecule has 0 heterocycles. The van der Waals surface area contributed by atoms with Gasteiger partial charge in [-0.2, -0.15) is 9.57 Å². The lowest BCUT2D eigenvalue weighted by Crippen LogP contribution is -2.37. The van der Waals surface area contributed by atoms with Gasteiger partial charge >= 0.3 is 0 Å². The lowest BCUT2D eigenvalue weighted by Gasteiger charge is -2.22. The summed E-state index contributed by atoms with van der Waals surface area (Å²) < 4.78 is 33.4. The molecule has 0 aliphatic carbocycles. The maximum Gasteiger partial charge on any atom is 0.243 e. The maximum absolute atomic E-state index is 13.4. The normalized spacial score (nSPS) is 11.1. The van der Waals surface area contributed by atoms with Crippen LogP contribution in [-0.2, 0) is 21.4 Å². The van der Waals surface area contributed by atoms with Crippen molar-refractivity contribution in [1.29, 1.82) is 5.26 Å². The van der Waals surface area contributed by atoms with Gasteiger partial charge in [-0.05, 0) is 48.9 Å². The lowest BCUT2D eigenvalue weighted by atomic mass is 10.2. The minimum Gasteiger partial charge on any atom is -0.492 e. The molecule has 3 aromatic carbocycles. The summed E-state index contributed by atoms with van der Waals surface area (Å²) in [7, 11) is -4.07. The van der Waals surface area contributed by atoms with E-state index in [1.165, 1.54) is 24.3 Å². The SMILES string of the molecule is CCOc1ccc(S(=O)(=O)N(CC(=O)Nc2cccc(C#N)c2)Cc2ccccc2)cc1Cl. The summed E-state index contributed by atoms with van der Waals surface area (Å²) in [5, 5.41) is 11.9. The average Bonchev–Trinajstić information content (AvgIpc) is 2.80. The van der Waals surface area contributed by atoms with E-state index in [2.05, 4.69) is 5.32 Å². The molecule has 0 aromatic heterocycles. The third kappa shape index (κ3) is 6.33. The molecule has 0 unspecified atom stereocenters. The van der Waals surface area contributed by atoms with Crippen molar-refractivity contribution in [2.75, 3.05) is 18.5 Å². The van der Waals surface area contributed by atoms with Gasteiger partial charge in [0.2, 0.25) is 15.9 Å². The molecular weight excluding hydrogens is 462 g/mol. The van der Waals surface area contributed by atoms with Gasteiger partial charge < -0.3 is 10.1 Å². The van der Waals surface area contributed by atoms with Crippen LogP contribution in [-0.4, -0.2) is 31.8 Å². The minimum atomic E-state index is -4.07. The number of hydrogen-bond acceptors (Lipinski definition) is 5. The summed E-state index contributed by atoms with van der Waals surface area (Å²) in [6.07, 6.45) is 0. The molecule has 7 nitrogen and oxygen atoms in total. The second kappa shape index (κ2) is 11.0. The molecule has 3 rings (SSSR count). The summed E-state index contributed by atoms with van der Waals surface area (Å²) in [5.41, 5.74) is 1.50. The number of nitrogens with zero attached hydrogens (tertiary/aromatic N) is 2. The Morgan fingerprint density at radius 1 is 1.09 bits per heavy atom. The first-order valence-corrected chi connectivity index (χ1v) is 11.9. The fourth-order valence-electron chi connectivity index (χ4n) is 3.10. The molecule has 3 aromatic rings. The molecular formula is C24H22ClN3O4S. The van der Waals surface area contributed by atoms with Crippen LogP contribution >= 0.6 is 11.6 Å². The average molecular weight is 484 g/mol. The van der Waals surface area contributed by atoms with E-state index in [1.54, 1.807) is 49.4 Å². The Morgan fingerprint density at radius 3 is 2.52 bits per heavy atom. The number of carbonyl (C=O) groups excluding carboxylic acids is 1. The fraction of sp³-hybridized carbons (Fsp3) is 0.167. The van der Waals surface area contributed by atoms with Crippen LogP contribution in [0.1, 0.15) is 18.1 Å². The van der Waals surface area contributed by atoms with Crippen LogP contribution in [0.15, 0.2) is 77.7 Å². The predicted molar refractivity (Wildman–Crippen MR) is 126 cm³/mol. The molecule has 0 fully saturated rings. The van der Waals surface area contributed by atoms with E-state index in [9.17, 15) is 13.2 Å². The van der Waals surface area contributed by atoms with Gasteiger partial charge in [-0.25, -0.2) is 8.42 Å². The molecule has 0 saturated carbocycles. The first kappa shape index (κ1) is 24.3. The van der Waals surface area contributed by atoms with Gasteiger partial charge in [0.1, 0.15) is 5.75 Å². The van der Waals surface area contributed by atoms with E-state index >= 15 is 0 Å². The molecule has 9 heteroatoms. The largest absolute Gasteiger partial charge is 0.492 e. The van der Waals surface area contributed by atoms with E-state index < -0.39 is 22.5 Å². The van der Waals surface area contributed by atoms with Crippen LogP contribution < -0.4 is 10.1 Å². The second-order valence-electron chi connectivity index (χ2n) is 7.02. The number of nitriles is 1. The first-order chi connectivity index (χ1) is 15.8. The van der Waals surface area contributed by atoms with Gasteiger partial charge in [0.25, 0.3) is 0 Å². The van der Waals surface area contributed by atoms with Crippen LogP contribution in [0, 0.1) is 11.3 Å². The fourth-order valence-corrected chi connectivity index (χ4v) is 4.81. The van der Waals surface area contributed by atoms with Crippen molar-refractivity contribution in [3.63, 3.8) is 0 Å². The molecule has 0 saturated heterocycles. The summed E-state index contributed by atoms with van der Waals surface area (Å²) >= 11 is 6.21. The summed E-state index contributed by atoms with van der Waals surface area (Å²) in [4.78, 5) is 12.7. The van der Waals surface area contributed by atoms with Crippen molar-refractivity contribution in [1.82, 2.24) is 4.31 Å².